The van der Waals surface area contributed by atoms with Crippen molar-refractivity contribution < 1.29 is 42.3 Å². The SMILES string of the molecule is CC(C)c1cc(-c2ccccc2)cc(C(C)C)c1-n1c(-c2[c-]ccc3c2oc2ccccc23)nc2ccccc21.[2H]C([2H])C([2H])(c1cccc(C([2H])(C([2H])([2H])[2H])C([2H])([2H])[2H])c1-n1c(-c2[c-]cccc2)nc2ccccc21)C([2H])([2H])[2H].[Ir]. The molecule has 0 aliphatic rings. The van der Waals surface area contributed by atoms with Gasteiger partial charge in [-0.25, -0.2) is 0 Å². The van der Waals surface area contributed by atoms with Gasteiger partial charge in [-0.15, -0.1) is 54.1 Å². The zero-order valence-electron chi connectivity index (χ0n) is 50.9. The summed E-state index contributed by atoms with van der Waals surface area (Å²) in [6, 6.07) is 59.2. The van der Waals surface area contributed by atoms with Gasteiger partial charge in [-0.05, 0) is 99.5 Å². The predicted molar refractivity (Wildman–Crippen MR) is 280 cm³/mol. The van der Waals surface area contributed by atoms with Crippen LogP contribution >= 0.6 is 0 Å². The van der Waals surface area contributed by atoms with Crippen LogP contribution in [-0.4, -0.2) is 19.1 Å². The van der Waals surface area contributed by atoms with E-state index in [1.165, 1.54) is 32.5 Å². The van der Waals surface area contributed by atoms with Crippen LogP contribution in [-0.2, 0) is 20.1 Å². The van der Waals surface area contributed by atoms with Crippen molar-refractivity contribution >= 4 is 44.0 Å². The van der Waals surface area contributed by atoms with Crippen LogP contribution in [0, 0.1) is 12.1 Å². The average molecular weight is 1080 g/mol. The number of aromatic nitrogens is 4. The van der Waals surface area contributed by atoms with Crippen molar-refractivity contribution in [2.45, 2.75) is 78.8 Å². The van der Waals surface area contributed by atoms with Crippen LogP contribution in [0.15, 0.2) is 174 Å². The van der Waals surface area contributed by atoms with Crippen LogP contribution in [0.5, 0.6) is 0 Å². The average Bonchev–Trinajstić information content (AvgIpc) is 4.29. The van der Waals surface area contributed by atoms with Gasteiger partial charge in [-0.1, -0.05) is 157 Å². The van der Waals surface area contributed by atoms with E-state index in [0.29, 0.717) is 28.4 Å². The minimum absolute atomic E-state index is 0. The summed E-state index contributed by atoms with van der Waals surface area (Å²) in [7, 11) is 0. The van der Waals surface area contributed by atoms with Crippen molar-refractivity contribution in [3.63, 3.8) is 0 Å². The zero-order chi connectivity index (χ0) is 57.3. The molecule has 1 unspecified atom stereocenters. The number of para-hydroxylation sites is 6. The summed E-state index contributed by atoms with van der Waals surface area (Å²) < 4.78 is 118. The Balaban J connectivity index is 0.000000193. The fourth-order valence-corrected chi connectivity index (χ4v) is 9.06. The van der Waals surface area contributed by atoms with Gasteiger partial charge in [0, 0.05) is 54.7 Å². The fourth-order valence-electron chi connectivity index (χ4n) is 9.06. The summed E-state index contributed by atoms with van der Waals surface area (Å²) >= 11 is 0. The van der Waals surface area contributed by atoms with Gasteiger partial charge in [0.1, 0.15) is 5.58 Å². The molecule has 8 aromatic carbocycles. The van der Waals surface area contributed by atoms with Crippen molar-refractivity contribution in [2.24, 2.45) is 0 Å². The molecule has 11 rings (SSSR count). The van der Waals surface area contributed by atoms with Crippen molar-refractivity contribution in [1.29, 1.82) is 0 Å². The molecule has 0 fully saturated rings. The van der Waals surface area contributed by atoms with Crippen molar-refractivity contribution in [1.82, 2.24) is 19.1 Å². The molecule has 0 spiro atoms. The quantitative estimate of drug-likeness (QED) is 0.135. The second kappa shape index (κ2) is 19.4. The third-order valence-corrected chi connectivity index (χ3v) is 12.2. The van der Waals surface area contributed by atoms with Crippen molar-refractivity contribution in [2.75, 3.05) is 0 Å². The first-order chi connectivity index (χ1) is 37.9. The van der Waals surface area contributed by atoms with E-state index in [9.17, 15) is 0 Å². The maximum absolute atomic E-state index is 8.99. The Morgan fingerprint density at radius 1 is 0.529 bits per heavy atom. The Kier molecular flexibility index (Phi) is 9.35. The number of fused-ring (bicyclic) bond motifs is 5. The van der Waals surface area contributed by atoms with E-state index in [4.69, 9.17) is 27.2 Å². The summed E-state index contributed by atoms with van der Waals surface area (Å²) in [5.41, 5.74) is 10.4. The second-order valence-corrected chi connectivity index (χ2v) is 17.2. The van der Waals surface area contributed by atoms with Gasteiger partial charge < -0.3 is 13.6 Å². The van der Waals surface area contributed by atoms with Crippen molar-refractivity contribution in [3.8, 4) is 45.3 Å². The second-order valence-electron chi connectivity index (χ2n) is 17.2. The number of rotatable bonds is 9. The Bertz CT molecular complexity index is 4030. The maximum Gasteiger partial charge on any atom is 0.120 e. The monoisotopic (exact) mass is 1080 g/mol. The van der Waals surface area contributed by atoms with Gasteiger partial charge >= 0.3 is 0 Å². The Labute approximate surface area is 432 Å². The van der Waals surface area contributed by atoms with Gasteiger partial charge in [-0.2, -0.15) is 0 Å². The molecule has 0 aliphatic heterocycles. The normalized spacial score (nSPS) is 16.1. The molecule has 0 bridgehead atoms. The molecular weight excluding hydrogens is 1010 g/mol. The Morgan fingerprint density at radius 3 is 1.76 bits per heavy atom. The zero-order valence-corrected chi connectivity index (χ0v) is 40.3. The van der Waals surface area contributed by atoms with Crippen LogP contribution in [0.25, 0.3) is 89.3 Å². The number of furan rings is 1. The molecule has 0 saturated heterocycles. The van der Waals surface area contributed by atoms with E-state index in [2.05, 4.69) is 134 Å². The van der Waals surface area contributed by atoms with Gasteiger partial charge in [-0.3, -0.25) is 9.97 Å². The molecule has 1 radical (unpaired) electrons. The van der Waals surface area contributed by atoms with E-state index in [-0.39, 0.29) is 25.9 Å². The van der Waals surface area contributed by atoms with Gasteiger partial charge in [0.05, 0.1) is 39.3 Å². The number of hydrogen-bond donors (Lipinski definition) is 0. The van der Waals surface area contributed by atoms with Gasteiger partial charge in [0.2, 0.25) is 0 Å². The minimum Gasteiger partial charge on any atom is -0.501 e. The summed E-state index contributed by atoms with van der Waals surface area (Å²) in [4.78, 5) is 9.86. The molecule has 0 aliphatic carbocycles. The summed E-state index contributed by atoms with van der Waals surface area (Å²) in [5.74, 6) is -4.72. The third-order valence-electron chi connectivity index (χ3n) is 12.2. The van der Waals surface area contributed by atoms with Crippen LogP contribution < -0.4 is 0 Å². The standard InChI is InChI=1S/C37H31N2O.C25H25N2.Ir/c1-23(2)30-21-26(25-13-6-5-7-14-25)22-31(24(3)4)35(30)39-33-19-10-9-18-32(33)38-37(39)29-17-12-16-28-27-15-8-11-20-34(27)40-36(28)29;1-17(2)20-13-10-14-21(18(3)4)24(20)27-23-16-9-8-15-22(23)26-25(27)19-11-6-5-7-12-19;/h5-16,18-24H,1-4H3;5-11,13-18H,1-4H3;/q2*-1;/i;1D2,2D3,3D3,4D3,17D,18D;. The molecule has 1 atom stereocenters. The van der Waals surface area contributed by atoms with Crippen molar-refractivity contribution in [3.05, 3.63) is 204 Å². The molecule has 5 nitrogen and oxygen atoms in total. The smallest absolute Gasteiger partial charge is 0.120 e. The first-order valence-corrected chi connectivity index (χ1v) is 22.3. The number of hydrogen-bond acceptors (Lipinski definition) is 3. The van der Waals surface area contributed by atoms with E-state index in [1.54, 1.807) is 48.5 Å². The first-order valence-electron chi connectivity index (χ1n) is 29.0. The molecule has 0 saturated carbocycles. The third kappa shape index (κ3) is 8.42. The Morgan fingerprint density at radius 2 is 1.12 bits per heavy atom. The van der Waals surface area contributed by atoms with E-state index < -0.39 is 56.0 Å². The summed E-state index contributed by atoms with van der Waals surface area (Å²) in [6.45, 7) is -3.39. The number of nitrogens with zero attached hydrogens (tertiary/aromatic N) is 4. The summed E-state index contributed by atoms with van der Waals surface area (Å²) in [5, 5.41) is 2.18. The molecular formula is C62H56IrN4O-2. The molecule has 341 valence electrons. The Hall–Kier alpha value is -6.85. The topological polar surface area (TPSA) is 48.8 Å². The van der Waals surface area contributed by atoms with Crippen LogP contribution in [0.4, 0.5) is 0 Å². The molecule has 11 aromatic rings. The summed E-state index contributed by atoms with van der Waals surface area (Å²) in [6.07, 6.45) is 0. The van der Waals surface area contributed by atoms with E-state index in [1.807, 2.05) is 18.2 Å². The number of imidazole rings is 2. The van der Waals surface area contributed by atoms with Crippen LogP contribution in [0.3, 0.4) is 0 Å². The van der Waals surface area contributed by atoms with E-state index in [0.717, 1.165) is 62.6 Å². The first kappa shape index (κ1) is 32.8. The van der Waals surface area contributed by atoms with Crippen LogP contribution in [0.2, 0.25) is 0 Å². The van der Waals surface area contributed by atoms with E-state index >= 15 is 0 Å². The largest absolute Gasteiger partial charge is 0.501 e. The minimum atomic E-state index is -3.45. The predicted octanol–water partition coefficient (Wildman–Crippen LogP) is 17.0. The molecule has 3 aromatic heterocycles. The molecule has 0 amide bonds. The molecule has 0 N–H and O–H groups in total. The molecule has 6 heteroatoms. The van der Waals surface area contributed by atoms with Gasteiger partial charge in [0.15, 0.2) is 0 Å². The molecule has 3 heterocycles. The van der Waals surface area contributed by atoms with Gasteiger partial charge in [0.25, 0.3) is 0 Å². The fraction of sp³-hybridized carbons (Fsp3) is 0.194. The number of benzene rings is 8. The molecule has 68 heavy (non-hydrogen) atoms. The van der Waals surface area contributed by atoms with Crippen LogP contribution in [0.1, 0.15) is 119 Å². The maximum atomic E-state index is 8.99.